The van der Waals surface area contributed by atoms with Crippen molar-refractivity contribution in [3.63, 3.8) is 0 Å². The first kappa shape index (κ1) is 7.61. The third-order valence-electron chi connectivity index (χ3n) is 1.05. The summed E-state index contributed by atoms with van der Waals surface area (Å²) in [4.78, 5) is 8.34. The van der Waals surface area contributed by atoms with Crippen molar-refractivity contribution < 1.29 is 0 Å². The fourth-order valence-corrected chi connectivity index (χ4v) is 0.612. The van der Waals surface area contributed by atoms with E-state index in [0.29, 0.717) is 0 Å². The van der Waals surface area contributed by atoms with Crippen LogP contribution < -0.4 is 0 Å². The molecule has 1 aromatic heterocycles. The van der Waals surface area contributed by atoms with Gasteiger partial charge in [0, 0.05) is 4.91 Å². The molecule has 0 atom stereocenters. The van der Waals surface area contributed by atoms with Gasteiger partial charge in [0.05, 0.1) is 0 Å². The smallest absolute Gasteiger partial charge is 0.196 e. The largest absolute Gasteiger partial charge is 0.327 e. The second kappa shape index (κ2) is 3.06. The minimum Gasteiger partial charge on any atom is -0.327 e. The fourth-order valence-electron chi connectivity index (χ4n) is 0.612. The van der Waals surface area contributed by atoms with Gasteiger partial charge in [-0.2, -0.15) is 10.5 Å². The van der Waals surface area contributed by atoms with E-state index in [0.717, 1.165) is 0 Å². The number of nitrogens with one attached hydrogen (secondary N) is 1. The lowest BCUT2D eigenvalue weighted by atomic mass is 10.4. The van der Waals surface area contributed by atoms with Crippen LogP contribution in [0.5, 0.6) is 0 Å². The molecule has 0 unspecified atom stereocenters. The number of aromatic nitrogens is 2. The number of azide groups is 1. The normalized spacial score (nSPS) is 7.83. The van der Waals surface area contributed by atoms with E-state index >= 15 is 0 Å². The van der Waals surface area contributed by atoms with Crippen LogP contribution in [0.4, 0.5) is 5.95 Å². The van der Waals surface area contributed by atoms with Crippen molar-refractivity contribution in [1.82, 2.24) is 9.97 Å². The lowest BCUT2D eigenvalue weighted by Gasteiger charge is -1.74. The van der Waals surface area contributed by atoms with Gasteiger partial charge in [-0.3, -0.25) is 0 Å². The van der Waals surface area contributed by atoms with Crippen molar-refractivity contribution in [2.24, 2.45) is 5.11 Å². The SMILES string of the molecule is N#Cc1nc(N=[N+]=[N-])[nH]c1C#N. The minimum absolute atomic E-state index is 0.0000926. The Labute approximate surface area is 66.5 Å². The van der Waals surface area contributed by atoms with Crippen molar-refractivity contribution in [3.8, 4) is 12.1 Å². The Bertz CT molecular complexity index is 390. The Balaban J connectivity index is 3.27. The molecule has 0 amide bonds. The maximum atomic E-state index is 8.42. The van der Waals surface area contributed by atoms with E-state index in [1.54, 1.807) is 12.1 Å². The molecule has 7 heteroatoms. The van der Waals surface area contributed by atoms with E-state index in [1.165, 1.54) is 0 Å². The molecule has 0 saturated heterocycles. The molecule has 0 aliphatic heterocycles. The molecule has 0 aliphatic rings. The molecule has 12 heavy (non-hydrogen) atoms. The molecule has 0 aromatic carbocycles. The van der Waals surface area contributed by atoms with E-state index in [4.69, 9.17) is 16.1 Å². The van der Waals surface area contributed by atoms with Gasteiger partial charge in [-0.1, -0.05) is 0 Å². The minimum atomic E-state index is -0.0781. The molecular weight excluding hydrogens is 158 g/mol. The number of H-pyrrole nitrogens is 1. The molecule has 56 valence electrons. The van der Waals surface area contributed by atoms with Crippen LogP contribution in [0, 0.1) is 22.7 Å². The molecule has 1 heterocycles. The first-order valence-electron chi connectivity index (χ1n) is 2.77. The van der Waals surface area contributed by atoms with Gasteiger partial charge >= 0.3 is 0 Å². The number of hydrogen-bond acceptors (Lipinski definition) is 4. The highest BCUT2D eigenvalue weighted by Crippen LogP contribution is 2.10. The summed E-state index contributed by atoms with van der Waals surface area (Å²) in [5.41, 5.74) is 7.93. The van der Waals surface area contributed by atoms with Gasteiger partial charge in [-0.05, 0) is 10.6 Å². The topological polar surface area (TPSA) is 125 Å². The van der Waals surface area contributed by atoms with Crippen LogP contribution in [0.1, 0.15) is 11.4 Å². The molecule has 0 spiro atoms. The predicted molar refractivity (Wildman–Crippen MR) is 36.8 cm³/mol. The van der Waals surface area contributed by atoms with Gasteiger partial charge in [0.1, 0.15) is 12.1 Å². The Morgan fingerprint density at radius 3 is 2.67 bits per heavy atom. The summed E-state index contributed by atoms with van der Waals surface area (Å²) in [6.45, 7) is 0. The van der Waals surface area contributed by atoms with Crippen molar-refractivity contribution in [3.05, 3.63) is 21.8 Å². The number of rotatable bonds is 1. The third-order valence-corrected chi connectivity index (χ3v) is 1.05. The number of nitriles is 2. The zero-order valence-corrected chi connectivity index (χ0v) is 5.68. The second-order valence-electron chi connectivity index (χ2n) is 1.70. The quantitative estimate of drug-likeness (QED) is 0.374. The van der Waals surface area contributed by atoms with Gasteiger partial charge in [0.2, 0.25) is 0 Å². The Kier molecular flexibility index (Phi) is 1.94. The van der Waals surface area contributed by atoms with Gasteiger partial charge in [-0.25, -0.2) is 4.98 Å². The van der Waals surface area contributed by atoms with Crippen molar-refractivity contribution in [1.29, 1.82) is 10.5 Å². The summed E-state index contributed by atoms with van der Waals surface area (Å²) in [5, 5.41) is 19.9. The van der Waals surface area contributed by atoms with Crippen molar-refractivity contribution >= 4 is 5.95 Å². The van der Waals surface area contributed by atoms with Gasteiger partial charge in [0.15, 0.2) is 17.3 Å². The van der Waals surface area contributed by atoms with Gasteiger partial charge < -0.3 is 4.98 Å². The predicted octanol–water partition coefficient (Wildman–Crippen LogP) is 1.09. The maximum absolute atomic E-state index is 8.42. The van der Waals surface area contributed by atoms with Crippen LogP contribution in [0.2, 0.25) is 0 Å². The molecule has 0 bridgehead atoms. The highest BCUT2D eigenvalue weighted by atomic mass is 15.2. The van der Waals surface area contributed by atoms with E-state index in [-0.39, 0.29) is 17.3 Å². The van der Waals surface area contributed by atoms with Crippen LogP contribution >= 0.6 is 0 Å². The summed E-state index contributed by atoms with van der Waals surface area (Å²) in [6, 6.07) is 3.38. The summed E-state index contributed by atoms with van der Waals surface area (Å²) < 4.78 is 0. The third kappa shape index (κ3) is 1.16. The molecule has 0 radical (unpaired) electrons. The lowest BCUT2D eigenvalue weighted by Crippen LogP contribution is -1.77. The summed E-state index contributed by atoms with van der Waals surface area (Å²) in [7, 11) is 0. The molecule has 1 aromatic rings. The fraction of sp³-hybridized carbons (Fsp3) is 0. The average Bonchev–Trinajstić information content (AvgIpc) is 2.48. The molecule has 1 rings (SSSR count). The molecular formula is C5HN7. The van der Waals surface area contributed by atoms with Crippen LogP contribution in [0.3, 0.4) is 0 Å². The molecule has 0 aliphatic carbocycles. The van der Waals surface area contributed by atoms with E-state index in [1.807, 2.05) is 0 Å². The molecule has 1 N–H and O–H groups in total. The second-order valence-corrected chi connectivity index (χ2v) is 1.70. The summed E-state index contributed by atoms with van der Waals surface area (Å²) in [5.74, 6) is -0.0781. The van der Waals surface area contributed by atoms with Crippen LogP contribution in [0.15, 0.2) is 5.11 Å². The Morgan fingerprint density at radius 1 is 1.50 bits per heavy atom. The molecule has 0 fully saturated rings. The number of aromatic amines is 1. The first-order valence-corrected chi connectivity index (χ1v) is 2.77. The molecule has 7 nitrogen and oxygen atoms in total. The Hall–Kier alpha value is -2.50. The zero-order chi connectivity index (χ0) is 8.97. The van der Waals surface area contributed by atoms with E-state index in [2.05, 4.69) is 20.0 Å². The van der Waals surface area contributed by atoms with Crippen LogP contribution in [-0.4, -0.2) is 9.97 Å². The molecule has 0 saturated carbocycles. The zero-order valence-electron chi connectivity index (χ0n) is 5.68. The standard InChI is InChI=1S/C5HN7/c6-1-3-4(2-7)10-5(9-3)11-12-8/h(H,9,10). The maximum Gasteiger partial charge on any atom is 0.196 e. The van der Waals surface area contributed by atoms with Crippen LogP contribution in [-0.2, 0) is 0 Å². The van der Waals surface area contributed by atoms with E-state index < -0.39 is 0 Å². The number of imidazole rings is 1. The average molecular weight is 159 g/mol. The Morgan fingerprint density at radius 2 is 2.25 bits per heavy atom. The van der Waals surface area contributed by atoms with Gasteiger partial charge in [-0.15, -0.1) is 0 Å². The van der Waals surface area contributed by atoms with Crippen molar-refractivity contribution in [2.45, 2.75) is 0 Å². The highest BCUT2D eigenvalue weighted by Gasteiger charge is 2.06. The summed E-state index contributed by atoms with van der Waals surface area (Å²) in [6.07, 6.45) is 0. The number of hydrogen-bond donors (Lipinski definition) is 1. The highest BCUT2D eigenvalue weighted by molar-refractivity contribution is 5.40. The van der Waals surface area contributed by atoms with Crippen molar-refractivity contribution in [2.75, 3.05) is 0 Å². The van der Waals surface area contributed by atoms with Crippen LogP contribution in [0.25, 0.3) is 10.4 Å². The van der Waals surface area contributed by atoms with Gasteiger partial charge in [0.25, 0.3) is 0 Å². The summed E-state index contributed by atoms with van der Waals surface area (Å²) >= 11 is 0. The monoisotopic (exact) mass is 159 g/mol. The number of nitrogens with zero attached hydrogens (tertiary/aromatic N) is 6. The lowest BCUT2D eigenvalue weighted by molar-refractivity contribution is 1.21. The first-order chi connectivity index (χ1) is 5.81. The van der Waals surface area contributed by atoms with E-state index in [9.17, 15) is 0 Å².